The summed E-state index contributed by atoms with van der Waals surface area (Å²) in [6.45, 7) is 1.76. The summed E-state index contributed by atoms with van der Waals surface area (Å²) in [5.74, 6) is 0.825. The molecule has 102 valence electrons. The molecule has 0 saturated carbocycles. The Morgan fingerprint density at radius 3 is 2.60 bits per heavy atom. The normalized spacial score (nSPS) is 14.2. The monoisotopic (exact) mass is 268 g/mol. The lowest BCUT2D eigenvalue weighted by Gasteiger charge is -2.22. The van der Waals surface area contributed by atoms with Gasteiger partial charge < -0.3 is 14.8 Å². The Morgan fingerprint density at radius 2 is 1.90 bits per heavy atom. The second-order valence-electron chi connectivity index (χ2n) is 4.97. The highest BCUT2D eigenvalue weighted by molar-refractivity contribution is 5.84. The van der Waals surface area contributed by atoms with Crippen LogP contribution in [0.3, 0.4) is 0 Å². The van der Waals surface area contributed by atoms with Crippen LogP contribution in [-0.4, -0.2) is 22.2 Å². The number of H-pyrrole nitrogens is 1. The van der Waals surface area contributed by atoms with E-state index in [1.165, 1.54) is 0 Å². The van der Waals surface area contributed by atoms with Gasteiger partial charge in [0.05, 0.1) is 25.3 Å². The second kappa shape index (κ2) is 4.65. The SMILES string of the molecule is COc1ccc2cc(C(C)(O)c3cnc[nH]3)ccc2c1. The summed E-state index contributed by atoms with van der Waals surface area (Å²) in [4.78, 5) is 6.93. The van der Waals surface area contributed by atoms with E-state index in [0.29, 0.717) is 5.69 Å². The third kappa shape index (κ3) is 2.04. The lowest BCUT2D eigenvalue weighted by Crippen LogP contribution is -2.23. The van der Waals surface area contributed by atoms with Crippen LogP contribution in [0.4, 0.5) is 0 Å². The fourth-order valence-corrected chi connectivity index (χ4v) is 2.33. The van der Waals surface area contributed by atoms with Gasteiger partial charge in [-0.05, 0) is 41.5 Å². The van der Waals surface area contributed by atoms with Crippen molar-refractivity contribution in [2.24, 2.45) is 0 Å². The minimum absolute atomic E-state index is 0.672. The molecule has 0 aliphatic rings. The molecule has 4 nitrogen and oxygen atoms in total. The number of fused-ring (bicyclic) bond motifs is 1. The molecule has 1 heterocycles. The molecule has 3 rings (SSSR count). The molecule has 1 aromatic heterocycles. The number of nitrogens with one attached hydrogen (secondary N) is 1. The first-order valence-corrected chi connectivity index (χ1v) is 6.41. The van der Waals surface area contributed by atoms with Crippen LogP contribution in [0.15, 0.2) is 48.9 Å². The molecule has 0 spiro atoms. The number of aromatic nitrogens is 2. The fourth-order valence-electron chi connectivity index (χ4n) is 2.33. The van der Waals surface area contributed by atoms with Gasteiger partial charge in [0, 0.05) is 0 Å². The smallest absolute Gasteiger partial charge is 0.128 e. The third-order valence-electron chi connectivity index (χ3n) is 3.63. The van der Waals surface area contributed by atoms with Crippen molar-refractivity contribution in [3.05, 3.63) is 60.2 Å². The molecular formula is C16H16N2O2. The van der Waals surface area contributed by atoms with Crippen LogP contribution in [0.25, 0.3) is 10.8 Å². The van der Waals surface area contributed by atoms with Gasteiger partial charge in [0.1, 0.15) is 11.4 Å². The van der Waals surface area contributed by atoms with Gasteiger partial charge in [0.2, 0.25) is 0 Å². The number of nitrogens with zero attached hydrogens (tertiary/aromatic N) is 1. The van der Waals surface area contributed by atoms with Gasteiger partial charge in [-0.3, -0.25) is 0 Å². The highest BCUT2D eigenvalue weighted by Gasteiger charge is 2.27. The van der Waals surface area contributed by atoms with E-state index in [4.69, 9.17) is 4.74 Å². The molecule has 0 saturated heterocycles. The van der Waals surface area contributed by atoms with Crippen LogP contribution in [0.5, 0.6) is 5.75 Å². The van der Waals surface area contributed by atoms with Gasteiger partial charge in [0.25, 0.3) is 0 Å². The van der Waals surface area contributed by atoms with Gasteiger partial charge >= 0.3 is 0 Å². The zero-order chi connectivity index (χ0) is 14.2. The Bertz CT molecular complexity index is 733. The number of benzene rings is 2. The molecule has 0 bridgehead atoms. The second-order valence-corrected chi connectivity index (χ2v) is 4.97. The van der Waals surface area contributed by atoms with Crippen LogP contribution in [0.2, 0.25) is 0 Å². The Balaban J connectivity index is 2.09. The molecule has 2 N–H and O–H groups in total. The highest BCUT2D eigenvalue weighted by Crippen LogP contribution is 2.30. The van der Waals surface area contributed by atoms with E-state index in [0.717, 1.165) is 22.1 Å². The number of aliphatic hydroxyl groups is 1. The predicted octanol–water partition coefficient (Wildman–Crippen LogP) is 2.83. The Morgan fingerprint density at radius 1 is 1.15 bits per heavy atom. The lowest BCUT2D eigenvalue weighted by atomic mass is 9.91. The average molecular weight is 268 g/mol. The first-order chi connectivity index (χ1) is 9.61. The van der Waals surface area contributed by atoms with Crippen molar-refractivity contribution in [2.45, 2.75) is 12.5 Å². The van der Waals surface area contributed by atoms with Crippen LogP contribution in [-0.2, 0) is 5.60 Å². The molecule has 0 amide bonds. The van der Waals surface area contributed by atoms with Gasteiger partial charge in [-0.15, -0.1) is 0 Å². The zero-order valence-corrected chi connectivity index (χ0v) is 11.4. The van der Waals surface area contributed by atoms with E-state index < -0.39 is 5.60 Å². The number of hydrogen-bond acceptors (Lipinski definition) is 3. The van der Waals surface area contributed by atoms with E-state index in [1.807, 2.05) is 36.4 Å². The first kappa shape index (κ1) is 12.7. The van der Waals surface area contributed by atoms with Crippen LogP contribution < -0.4 is 4.74 Å². The highest BCUT2D eigenvalue weighted by atomic mass is 16.5. The molecule has 0 fully saturated rings. The zero-order valence-electron chi connectivity index (χ0n) is 11.4. The molecule has 3 aromatic rings. The lowest BCUT2D eigenvalue weighted by molar-refractivity contribution is 0.0980. The molecule has 0 aliphatic carbocycles. The molecule has 1 atom stereocenters. The molecule has 0 radical (unpaired) electrons. The molecule has 1 unspecified atom stereocenters. The minimum Gasteiger partial charge on any atom is -0.497 e. The largest absolute Gasteiger partial charge is 0.497 e. The van der Waals surface area contributed by atoms with Gasteiger partial charge in [-0.25, -0.2) is 4.98 Å². The number of aromatic amines is 1. The van der Waals surface area contributed by atoms with E-state index in [2.05, 4.69) is 9.97 Å². The summed E-state index contributed by atoms with van der Waals surface area (Å²) in [5.41, 5.74) is 0.398. The van der Waals surface area contributed by atoms with Crippen molar-refractivity contribution in [3.63, 3.8) is 0 Å². The standard InChI is InChI=1S/C16H16N2O2/c1-16(19,15-9-17-10-18-15)13-5-3-12-8-14(20-2)6-4-11(12)7-13/h3-10,19H,1-2H3,(H,17,18). The Kier molecular flexibility index (Phi) is 2.95. The molecule has 20 heavy (non-hydrogen) atoms. The van der Waals surface area contributed by atoms with Crippen molar-refractivity contribution >= 4 is 10.8 Å². The average Bonchev–Trinajstić information content (AvgIpc) is 3.01. The third-order valence-corrected chi connectivity index (χ3v) is 3.63. The Labute approximate surface area is 117 Å². The maximum atomic E-state index is 10.7. The van der Waals surface area contributed by atoms with Crippen LogP contribution in [0.1, 0.15) is 18.2 Å². The maximum absolute atomic E-state index is 10.7. The molecule has 2 aromatic carbocycles. The number of methoxy groups -OCH3 is 1. The predicted molar refractivity (Wildman–Crippen MR) is 77.8 cm³/mol. The van der Waals surface area contributed by atoms with E-state index in [9.17, 15) is 5.11 Å². The van der Waals surface area contributed by atoms with E-state index >= 15 is 0 Å². The minimum atomic E-state index is -1.09. The number of rotatable bonds is 3. The maximum Gasteiger partial charge on any atom is 0.128 e. The van der Waals surface area contributed by atoms with Crippen molar-refractivity contribution in [2.75, 3.05) is 7.11 Å². The summed E-state index contributed by atoms with van der Waals surface area (Å²) in [6.07, 6.45) is 3.20. The van der Waals surface area contributed by atoms with E-state index in [-0.39, 0.29) is 0 Å². The van der Waals surface area contributed by atoms with Crippen molar-refractivity contribution in [1.82, 2.24) is 9.97 Å². The van der Waals surface area contributed by atoms with Crippen LogP contribution in [0, 0.1) is 0 Å². The summed E-state index contributed by atoms with van der Waals surface area (Å²) in [7, 11) is 1.65. The summed E-state index contributed by atoms with van der Waals surface area (Å²) in [5, 5.41) is 12.8. The molecule has 0 aliphatic heterocycles. The number of imidazole rings is 1. The summed E-state index contributed by atoms with van der Waals surface area (Å²) >= 11 is 0. The van der Waals surface area contributed by atoms with E-state index in [1.54, 1.807) is 26.6 Å². The first-order valence-electron chi connectivity index (χ1n) is 6.41. The quantitative estimate of drug-likeness (QED) is 0.768. The number of hydrogen-bond donors (Lipinski definition) is 2. The topological polar surface area (TPSA) is 58.1 Å². The van der Waals surface area contributed by atoms with Crippen LogP contribution >= 0.6 is 0 Å². The number of ether oxygens (including phenoxy) is 1. The summed E-state index contributed by atoms with van der Waals surface area (Å²) in [6, 6.07) is 11.8. The van der Waals surface area contributed by atoms with Gasteiger partial charge in [0.15, 0.2) is 0 Å². The van der Waals surface area contributed by atoms with Gasteiger partial charge in [-0.2, -0.15) is 0 Å². The van der Waals surface area contributed by atoms with Gasteiger partial charge in [-0.1, -0.05) is 18.2 Å². The van der Waals surface area contributed by atoms with Crippen molar-refractivity contribution in [1.29, 1.82) is 0 Å². The Hall–Kier alpha value is -2.33. The van der Waals surface area contributed by atoms with Crippen molar-refractivity contribution in [3.8, 4) is 5.75 Å². The van der Waals surface area contributed by atoms with Crippen molar-refractivity contribution < 1.29 is 9.84 Å². The molecule has 4 heteroatoms. The summed E-state index contributed by atoms with van der Waals surface area (Å²) < 4.78 is 5.22. The fraction of sp³-hybridized carbons (Fsp3) is 0.188. The molecular weight excluding hydrogens is 252 g/mol.